The molecule has 3 aromatic rings. The average molecular weight is 376 g/mol. The highest BCUT2D eigenvalue weighted by atomic mass is 32.2. The van der Waals surface area contributed by atoms with Crippen LogP contribution in [-0.2, 0) is 10.0 Å². The van der Waals surface area contributed by atoms with Gasteiger partial charge in [0.25, 0.3) is 10.0 Å². The third kappa shape index (κ3) is 3.94. The maximum Gasteiger partial charge on any atom is 0.263 e. The lowest BCUT2D eigenvalue weighted by Crippen LogP contribution is -2.15. The lowest BCUT2D eigenvalue weighted by molar-refractivity contribution is 0.509. The lowest BCUT2D eigenvalue weighted by atomic mass is 10.2. The van der Waals surface area contributed by atoms with Gasteiger partial charge < -0.3 is 5.32 Å². The number of aromatic nitrogens is 2. The summed E-state index contributed by atoms with van der Waals surface area (Å²) in [6.07, 6.45) is 0. The Bertz CT molecular complexity index is 1040. The number of rotatable bonds is 5. The van der Waals surface area contributed by atoms with Gasteiger partial charge in [0.1, 0.15) is 0 Å². The first-order valence-corrected chi connectivity index (χ1v) is 8.98. The Labute approximate surface area is 149 Å². The summed E-state index contributed by atoms with van der Waals surface area (Å²) in [6, 6.07) is 12.7. The van der Waals surface area contributed by atoms with E-state index in [2.05, 4.69) is 20.2 Å². The van der Waals surface area contributed by atoms with E-state index in [-0.39, 0.29) is 22.2 Å². The third-order valence-corrected chi connectivity index (χ3v) is 4.99. The minimum Gasteiger partial charge on any atom is -0.339 e. The van der Waals surface area contributed by atoms with Gasteiger partial charge in [-0.3, -0.25) is 4.72 Å². The second kappa shape index (κ2) is 7.04. The predicted octanol–water partition coefficient (Wildman–Crippen LogP) is 3.61. The standard InChI is InChI=1S/C17H14F2N4O2S/c1-11-4-2-3-5-15(11)26(24,25)23-17-9-8-16(21-22-17)20-12-6-7-13(18)14(19)10-12/h2-10H,1H3,(H,20,21)(H,22,23). The number of nitrogens with one attached hydrogen (secondary N) is 2. The summed E-state index contributed by atoms with van der Waals surface area (Å²) in [6.45, 7) is 1.69. The molecule has 0 spiro atoms. The number of halogens is 2. The minimum absolute atomic E-state index is 0.0316. The van der Waals surface area contributed by atoms with Crippen molar-refractivity contribution in [3.05, 3.63) is 71.8 Å². The van der Waals surface area contributed by atoms with Crippen molar-refractivity contribution in [3.8, 4) is 0 Å². The first-order chi connectivity index (χ1) is 12.3. The van der Waals surface area contributed by atoms with Gasteiger partial charge in [0.15, 0.2) is 23.3 Å². The molecule has 0 saturated carbocycles. The fraction of sp³-hybridized carbons (Fsp3) is 0.0588. The van der Waals surface area contributed by atoms with E-state index in [0.29, 0.717) is 5.56 Å². The average Bonchev–Trinajstić information content (AvgIpc) is 2.60. The molecular weight excluding hydrogens is 362 g/mol. The van der Waals surface area contributed by atoms with Crippen LogP contribution in [0.3, 0.4) is 0 Å². The predicted molar refractivity (Wildman–Crippen MR) is 93.7 cm³/mol. The van der Waals surface area contributed by atoms with Crippen molar-refractivity contribution in [3.63, 3.8) is 0 Å². The zero-order chi connectivity index (χ0) is 18.7. The fourth-order valence-corrected chi connectivity index (χ4v) is 3.47. The van der Waals surface area contributed by atoms with Gasteiger partial charge in [0.2, 0.25) is 0 Å². The van der Waals surface area contributed by atoms with E-state index in [1.54, 1.807) is 25.1 Å². The molecule has 6 nitrogen and oxygen atoms in total. The SMILES string of the molecule is Cc1ccccc1S(=O)(=O)Nc1ccc(Nc2ccc(F)c(F)c2)nn1. The summed E-state index contributed by atoms with van der Waals surface area (Å²) < 4.78 is 53.3. The smallest absolute Gasteiger partial charge is 0.263 e. The molecule has 134 valence electrons. The van der Waals surface area contributed by atoms with Crippen LogP contribution in [0.5, 0.6) is 0 Å². The highest BCUT2D eigenvalue weighted by Crippen LogP contribution is 2.20. The number of benzene rings is 2. The topological polar surface area (TPSA) is 84.0 Å². The van der Waals surface area contributed by atoms with Gasteiger partial charge in [-0.2, -0.15) is 0 Å². The van der Waals surface area contributed by atoms with Gasteiger partial charge in [-0.05, 0) is 42.8 Å². The molecule has 1 aromatic heterocycles. The zero-order valence-corrected chi connectivity index (χ0v) is 14.4. The zero-order valence-electron chi connectivity index (χ0n) is 13.6. The van der Waals surface area contributed by atoms with Gasteiger partial charge in [-0.15, -0.1) is 10.2 Å². The molecule has 0 aliphatic carbocycles. The van der Waals surface area contributed by atoms with E-state index in [1.807, 2.05) is 0 Å². The second-order valence-electron chi connectivity index (χ2n) is 5.43. The van der Waals surface area contributed by atoms with Crippen molar-refractivity contribution in [2.75, 3.05) is 10.0 Å². The number of sulfonamides is 1. The Morgan fingerprint density at radius 3 is 2.23 bits per heavy atom. The van der Waals surface area contributed by atoms with Crippen molar-refractivity contribution in [2.45, 2.75) is 11.8 Å². The van der Waals surface area contributed by atoms with Gasteiger partial charge in [0, 0.05) is 11.8 Å². The number of aryl methyl sites for hydroxylation is 1. The Morgan fingerprint density at radius 2 is 1.58 bits per heavy atom. The molecule has 1 heterocycles. The molecule has 2 aromatic carbocycles. The number of hydrogen-bond acceptors (Lipinski definition) is 5. The number of anilines is 3. The van der Waals surface area contributed by atoms with Crippen LogP contribution in [0.4, 0.5) is 26.1 Å². The molecule has 3 rings (SSSR count). The van der Waals surface area contributed by atoms with E-state index in [9.17, 15) is 17.2 Å². The molecular formula is C17H14F2N4O2S. The maximum atomic E-state index is 13.2. The van der Waals surface area contributed by atoms with Crippen molar-refractivity contribution < 1.29 is 17.2 Å². The number of nitrogens with zero attached hydrogens (tertiary/aromatic N) is 2. The van der Waals surface area contributed by atoms with Crippen molar-refractivity contribution in [2.24, 2.45) is 0 Å². The Balaban J connectivity index is 1.75. The molecule has 0 bridgehead atoms. The van der Waals surface area contributed by atoms with E-state index in [0.717, 1.165) is 12.1 Å². The first-order valence-electron chi connectivity index (χ1n) is 7.49. The lowest BCUT2D eigenvalue weighted by Gasteiger charge is -2.10. The Hall–Kier alpha value is -3.07. The van der Waals surface area contributed by atoms with Crippen LogP contribution in [0.25, 0.3) is 0 Å². The summed E-state index contributed by atoms with van der Waals surface area (Å²) in [5.74, 6) is -1.67. The third-order valence-electron chi connectivity index (χ3n) is 3.48. The Kier molecular flexibility index (Phi) is 4.81. The highest BCUT2D eigenvalue weighted by Gasteiger charge is 2.17. The molecule has 0 amide bonds. The molecule has 0 unspecified atom stereocenters. The van der Waals surface area contributed by atoms with E-state index in [1.165, 1.54) is 24.3 Å². The van der Waals surface area contributed by atoms with Crippen LogP contribution in [-0.4, -0.2) is 18.6 Å². The van der Waals surface area contributed by atoms with Gasteiger partial charge in [-0.25, -0.2) is 17.2 Å². The van der Waals surface area contributed by atoms with Crippen LogP contribution >= 0.6 is 0 Å². The summed E-state index contributed by atoms with van der Waals surface area (Å²) in [5, 5.41) is 10.4. The number of hydrogen-bond donors (Lipinski definition) is 2. The molecule has 0 fully saturated rings. The van der Waals surface area contributed by atoms with Crippen molar-refractivity contribution in [1.82, 2.24) is 10.2 Å². The molecule has 26 heavy (non-hydrogen) atoms. The monoisotopic (exact) mass is 376 g/mol. The van der Waals surface area contributed by atoms with Crippen LogP contribution in [0.1, 0.15) is 5.56 Å². The first kappa shape index (κ1) is 17.7. The van der Waals surface area contributed by atoms with Gasteiger partial charge in [-0.1, -0.05) is 18.2 Å². The molecule has 0 saturated heterocycles. The van der Waals surface area contributed by atoms with Crippen LogP contribution in [0.2, 0.25) is 0 Å². The van der Waals surface area contributed by atoms with Crippen molar-refractivity contribution in [1.29, 1.82) is 0 Å². The molecule has 0 atom stereocenters. The van der Waals surface area contributed by atoms with E-state index >= 15 is 0 Å². The summed E-state index contributed by atoms with van der Waals surface area (Å²) in [5.41, 5.74) is 0.885. The molecule has 9 heteroatoms. The van der Waals surface area contributed by atoms with Crippen LogP contribution < -0.4 is 10.0 Å². The van der Waals surface area contributed by atoms with Crippen LogP contribution in [0, 0.1) is 18.6 Å². The van der Waals surface area contributed by atoms with E-state index < -0.39 is 21.7 Å². The van der Waals surface area contributed by atoms with Crippen LogP contribution in [0.15, 0.2) is 59.5 Å². The quantitative estimate of drug-likeness (QED) is 0.711. The maximum absolute atomic E-state index is 13.2. The fourth-order valence-electron chi connectivity index (χ4n) is 2.23. The van der Waals surface area contributed by atoms with Gasteiger partial charge >= 0.3 is 0 Å². The molecule has 0 aliphatic rings. The van der Waals surface area contributed by atoms with Crippen molar-refractivity contribution >= 4 is 27.3 Å². The summed E-state index contributed by atoms with van der Waals surface area (Å²) >= 11 is 0. The summed E-state index contributed by atoms with van der Waals surface area (Å²) in [4.78, 5) is 0.144. The largest absolute Gasteiger partial charge is 0.339 e. The molecule has 0 radical (unpaired) electrons. The summed E-state index contributed by atoms with van der Waals surface area (Å²) in [7, 11) is -3.79. The highest BCUT2D eigenvalue weighted by molar-refractivity contribution is 7.92. The second-order valence-corrected chi connectivity index (χ2v) is 7.08. The molecule has 2 N–H and O–H groups in total. The minimum atomic E-state index is -3.79. The Morgan fingerprint density at radius 1 is 0.885 bits per heavy atom. The molecule has 0 aliphatic heterocycles. The normalized spacial score (nSPS) is 11.2. The van der Waals surface area contributed by atoms with Gasteiger partial charge in [0.05, 0.1) is 4.90 Å². The van der Waals surface area contributed by atoms with E-state index in [4.69, 9.17) is 0 Å².